The molecule has 0 aliphatic carbocycles. The SMILES string of the molecule is COCCOCCCCNc1cc(C)ccc1C#N. The fourth-order valence-electron chi connectivity index (χ4n) is 1.70. The zero-order chi connectivity index (χ0) is 13.9. The summed E-state index contributed by atoms with van der Waals surface area (Å²) in [6.45, 7) is 4.93. The minimum Gasteiger partial charge on any atom is -0.384 e. The minimum atomic E-state index is 0.646. The van der Waals surface area contributed by atoms with E-state index in [2.05, 4.69) is 11.4 Å². The maximum Gasteiger partial charge on any atom is 0.101 e. The van der Waals surface area contributed by atoms with Crippen molar-refractivity contribution in [3.8, 4) is 6.07 Å². The lowest BCUT2D eigenvalue weighted by atomic mass is 10.1. The number of benzene rings is 1. The fraction of sp³-hybridized carbons (Fsp3) is 0.533. The number of nitrogens with one attached hydrogen (secondary N) is 1. The van der Waals surface area contributed by atoms with Crippen molar-refractivity contribution in [1.29, 1.82) is 5.26 Å². The van der Waals surface area contributed by atoms with Gasteiger partial charge in [-0.1, -0.05) is 6.07 Å². The summed E-state index contributed by atoms with van der Waals surface area (Å²) in [5.41, 5.74) is 2.77. The van der Waals surface area contributed by atoms with Crippen molar-refractivity contribution >= 4 is 5.69 Å². The topological polar surface area (TPSA) is 54.3 Å². The summed E-state index contributed by atoms with van der Waals surface area (Å²) in [5.74, 6) is 0. The molecule has 0 aliphatic rings. The van der Waals surface area contributed by atoms with Crippen LogP contribution in [0.15, 0.2) is 18.2 Å². The number of nitrogens with zero attached hydrogens (tertiary/aromatic N) is 1. The zero-order valence-corrected chi connectivity index (χ0v) is 11.7. The van der Waals surface area contributed by atoms with Crippen LogP contribution in [0, 0.1) is 18.3 Å². The first-order valence-corrected chi connectivity index (χ1v) is 6.59. The third-order valence-electron chi connectivity index (χ3n) is 2.76. The highest BCUT2D eigenvalue weighted by Gasteiger charge is 2.01. The van der Waals surface area contributed by atoms with Gasteiger partial charge in [0, 0.05) is 20.3 Å². The predicted molar refractivity (Wildman–Crippen MR) is 76.3 cm³/mol. The van der Waals surface area contributed by atoms with Gasteiger partial charge in [0.15, 0.2) is 0 Å². The van der Waals surface area contributed by atoms with E-state index < -0.39 is 0 Å². The van der Waals surface area contributed by atoms with Crippen LogP contribution < -0.4 is 5.32 Å². The largest absolute Gasteiger partial charge is 0.384 e. The summed E-state index contributed by atoms with van der Waals surface area (Å²) in [5, 5.41) is 12.3. The summed E-state index contributed by atoms with van der Waals surface area (Å²) in [6, 6.07) is 8.01. The molecule has 19 heavy (non-hydrogen) atoms. The zero-order valence-electron chi connectivity index (χ0n) is 11.7. The molecule has 0 saturated carbocycles. The molecule has 0 saturated heterocycles. The first-order chi connectivity index (χ1) is 9.27. The Morgan fingerprint density at radius 3 is 2.79 bits per heavy atom. The molecule has 0 unspecified atom stereocenters. The molecule has 0 heterocycles. The molecule has 0 aliphatic heterocycles. The van der Waals surface area contributed by atoms with Crippen molar-refractivity contribution in [3.63, 3.8) is 0 Å². The van der Waals surface area contributed by atoms with Crippen LogP contribution in [0.3, 0.4) is 0 Å². The van der Waals surface area contributed by atoms with Crippen molar-refractivity contribution < 1.29 is 9.47 Å². The summed E-state index contributed by atoms with van der Waals surface area (Å²) in [6.07, 6.45) is 2.02. The average Bonchev–Trinajstić information content (AvgIpc) is 2.42. The van der Waals surface area contributed by atoms with Gasteiger partial charge >= 0.3 is 0 Å². The number of rotatable bonds is 9. The molecule has 4 nitrogen and oxygen atoms in total. The van der Waals surface area contributed by atoms with Gasteiger partial charge in [0.25, 0.3) is 0 Å². The molecule has 0 amide bonds. The Morgan fingerprint density at radius 2 is 2.05 bits per heavy atom. The average molecular weight is 262 g/mol. The Bertz CT molecular complexity index is 413. The van der Waals surface area contributed by atoms with Crippen LogP contribution in [0.4, 0.5) is 5.69 Å². The predicted octanol–water partition coefficient (Wildman–Crippen LogP) is 2.72. The molecule has 4 heteroatoms. The van der Waals surface area contributed by atoms with E-state index in [1.165, 1.54) is 0 Å². The van der Waals surface area contributed by atoms with Crippen LogP contribution in [0.5, 0.6) is 0 Å². The van der Waals surface area contributed by atoms with Gasteiger partial charge in [-0.15, -0.1) is 0 Å². The third-order valence-corrected chi connectivity index (χ3v) is 2.76. The number of anilines is 1. The van der Waals surface area contributed by atoms with Crippen molar-refractivity contribution in [2.45, 2.75) is 19.8 Å². The molecule has 0 spiro atoms. The van der Waals surface area contributed by atoms with Gasteiger partial charge in [0.05, 0.1) is 24.5 Å². The third kappa shape index (κ3) is 6.23. The van der Waals surface area contributed by atoms with Gasteiger partial charge in [-0.2, -0.15) is 5.26 Å². The van der Waals surface area contributed by atoms with Crippen molar-refractivity contribution in [1.82, 2.24) is 0 Å². The maximum atomic E-state index is 9.01. The molecule has 0 bridgehead atoms. The van der Waals surface area contributed by atoms with Crippen LogP contribution >= 0.6 is 0 Å². The highest BCUT2D eigenvalue weighted by atomic mass is 16.5. The normalized spacial score (nSPS) is 10.2. The first kappa shape index (κ1) is 15.5. The van der Waals surface area contributed by atoms with E-state index in [1.807, 2.05) is 25.1 Å². The lowest BCUT2D eigenvalue weighted by Crippen LogP contribution is -2.07. The van der Waals surface area contributed by atoms with Crippen LogP contribution in [0.2, 0.25) is 0 Å². The van der Waals surface area contributed by atoms with E-state index in [0.29, 0.717) is 18.8 Å². The highest BCUT2D eigenvalue weighted by molar-refractivity contribution is 5.58. The molecular formula is C15H22N2O2. The molecule has 104 valence electrons. The fourth-order valence-corrected chi connectivity index (χ4v) is 1.70. The molecular weight excluding hydrogens is 240 g/mol. The Balaban J connectivity index is 2.19. The van der Waals surface area contributed by atoms with Crippen LogP contribution in [0.25, 0.3) is 0 Å². The number of nitriles is 1. The number of aryl methyl sites for hydroxylation is 1. The molecule has 0 atom stereocenters. The van der Waals surface area contributed by atoms with E-state index in [0.717, 1.165) is 37.2 Å². The van der Waals surface area contributed by atoms with Gasteiger partial charge < -0.3 is 14.8 Å². The maximum absolute atomic E-state index is 9.01. The Hall–Kier alpha value is -1.57. The number of ether oxygens (including phenoxy) is 2. The number of hydrogen-bond acceptors (Lipinski definition) is 4. The summed E-state index contributed by atoms with van der Waals surface area (Å²) < 4.78 is 10.3. The smallest absolute Gasteiger partial charge is 0.101 e. The molecule has 1 N–H and O–H groups in total. The van der Waals surface area contributed by atoms with Gasteiger partial charge in [-0.05, 0) is 37.5 Å². The molecule has 0 aromatic heterocycles. The van der Waals surface area contributed by atoms with E-state index in [-0.39, 0.29) is 0 Å². The molecule has 0 fully saturated rings. The summed E-state index contributed by atoms with van der Waals surface area (Å²) in [7, 11) is 1.67. The number of unbranched alkanes of at least 4 members (excludes halogenated alkanes) is 1. The summed E-state index contributed by atoms with van der Waals surface area (Å²) >= 11 is 0. The van der Waals surface area contributed by atoms with Crippen LogP contribution in [0.1, 0.15) is 24.0 Å². The second-order valence-corrected chi connectivity index (χ2v) is 4.40. The van der Waals surface area contributed by atoms with Crippen molar-refractivity contribution in [2.24, 2.45) is 0 Å². The molecule has 1 rings (SSSR count). The van der Waals surface area contributed by atoms with Gasteiger partial charge in [0.1, 0.15) is 6.07 Å². The number of hydrogen-bond donors (Lipinski definition) is 1. The first-order valence-electron chi connectivity index (χ1n) is 6.59. The van der Waals surface area contributed by atoms with Crippen LogP contribution in [-0.2, 0) is 9.47 Å². The van der Waals surface area contributed by atoms with Crippen molar-refractivity contribution in [2.75, 3.05) is 38.8 Å². The Kier molecular flexibility index (Phi) is 7.64. The monoisotopic (exact) mass is 262 g/mol. The second kappa shape index (κ2) is 9.37. The van der Waals surface area contributed by atoms with Gasteiger partial charge in [-0.25, -0.2) is 0 Å². The van der Waals surface area contributed by atoms with E-state index in [1.54, 1.807) is 7.11 Å². The van der Waals surface area contributed by atoms with Crippen LogP contribution in [-0.4, -0.2) is 33.5 Å². The second-order valence-electron chi connectivity index (χ2n) is 4.40. The van der Waals surface area contributed by atoms with E-state index in [4.69, 9.17) is 14.7 Å². The van der Waals surface area contributed by atoms with E-state index >= 15 is 0 Å². The lowest BCUT2D eigenvalue weighted by Gasteiger charge is -2.09. The van der Waals surface area contributed by atoms with Gasteiger partial charge in [0.2, 0.25) is 0 Å². The Morgan fingerprint density at radius 1 is 1.21 bits per heavy atom. The lowest BCUT2D eigenvalue weighted by molar-refractivity contribution is 0.0691. The Labute approximate surface area is 115 Å². The standard InChI is InChI=1S/C15H22N2O2/c1-13-5-6-14(12-16)15(11-13)17-7-3-4-8-19-10-9-18-2/h5-6,11,17H,3-4,7-10H2,1-2H3. The molecule has 0 radical (unpaired) electrons. The highest BCUT2D eigenvalue weighted by Crippen LogP contribution is 2.16. The van der Waals surface area contributed by atoms with Gasteiger partial charge in [-0.3, -0.25) is 0 Å². The van der Waals surface area contributed by atoms with Crippen molar-refractivity contribution in [3.05, 3.63) is 29.3 Å². The molecule has 1 aromatic carbocycles. The van der Waals surface area contributed by atoms with E-state index in [9.17, 15) is 0 Å². The minimum absolute atomic E-state index is 0.646. The number of methoxy groups -OCH3 is 1. The molecule has 1 aromatic rings. The quantitative estimate of drug-likeness (QED) is 0.695. The summed E-state index contributed by atoms with van der Waals surface area (Å²) in [4.78, 5) is 0.